The first kappa shape index (κ1) is 17.9. The summed E-state index contributed by atoms with van der Waals surface area (Å²) in [6.07, 6.45) is 1.52. The molecule has 0 radical (unpaired) electrons. The van der Waals surface area contributed by atoms with E-state index < -0.39 is 10.0 Å². The minimum Gasteiger partial charge on any atom is -0.325 e. The number of thioether (sulfide) groups is 1. The molecule has 1 aromatic carbocycles. The van der Waals surface area contributed by atoms with Crippen LogP contribution >= 0.6 is 34.4 Å². The molecule has 6 nitrogen and oxygen atoms in total. The molecule has 3 aromatic rings. The highest BCUT2D eigenvalue weighted by Gasteiger charge is 2.15. The number of amides is 1. The summed E-state index contributed by atoms with van der Waals surface area (Å²) < 4.78 is 27.9. The van der Waals surface area contributed by atoms with E-state index in [1.54, 1.807) is 28.8 Å². The third-order valence-electron chi connectivity index (χ3n) is 2.94. The standard InChI is InChI=1S/C15H13N3O3S4/c19-13(10-24-14-2-1-8-22-14)17-11-3-5-12(6-4-11)25(20,21)18-15-16-7-9-23-15/h1-9H,10H2,(H,16,18)(H,17,19). The number of carbonyl (C=O) groups is 1. The van der Waals surface area contributed by atoms with E-state index in [9.17, 15) is 13.2 Å². The van der Waals surface area contributed by atoms with Crippen molar-refractivity contribution < 1.29 is 13.2 Å². The fourth-order valence-electron chi connectivity index (χ4n) is 1.84. The van der Waals surface area contributed by atoms with Gasteiger partial charge in [0.2, 0.25) is 5.91 Å². The van der Waals surface area contributed by atoms with Crippen molar-refractivity contribution in [2.75, 3.05) is 15.8 Å². The third kappa shape index (κ3) is 5.05. The van der Waals surface area contributed by atoms with Gasteiger partial charge in [-0.1, -0.05) is 6.07 Å². The minimum atomic E-state index is -3.69. The summed E-state index contributed by atoms with van der Waals surface area (Å²) >= 11 is 4.24. The Morgan fingerprint density at radius 1 is 1.12 bits per heavy atom. The van der Waals surface area contributed by atoms with E-state index in [0.717, 1.165) is 4.21 Å². The monoisotopic (exact) mass is 411 g/mol. The Kier molecular flexibility index (Phi) is 5.74. The van der Waals surface area contributed by atoms with Gasteiger partial charge in [0.15, 0.2) is 5.13 Å². The molecule has 0 aliphatic rings. The van der Waals surface area contributed by atoms with Gasteiger partial charge in [0.1, 0.15) is 0 Å². The molecular weight excluding hydrogens is 398 g/mol. The zero-order chi connectivity index (χ0) is 17.7. The molecule has 2 heterocycles. The number of anilines is 2. The molecule has 0 aliphatic heterocycles. The lowest BCUT2D eigenvalue weighted by Gasteiger charge is -2.07. The number of sulfonamides is 1. The normalized spacial score (nSPS) is 11.2. The fraction of sp³-hybridized carbons (Fsp3) is 0.0667. The highest BCUT2D eigenvalue weighted by atomic mass is 32.2. The van der Waals surface area contributed by atoms with E-state index >= 15 is 0 Å². The molecule has 0 aliphatic carbocycles. The first-order valence-electron chi connectivity index (χ1n) is 7.01. The predicted molar refractivity (Wildman–Crippen MR) is 103 cm³/mol. The Balaban J connectivity index is 1.59. The van der Waals surface area contributed by atoms with Crippen LogP contribution in [-0.2, 0) is 14.8 Å². The van der Waals surface area contributed by atoms with Crippen molar-refractivity contribution in [2.45, 2.75) is 9.10 Å². The highest BCUT2D eigenvalue weighted by Crippen LogP contribution is 2.24. The quantitative estimate of drug-likeness (QED) is 0.578. The van der Waals surface area contributed by atoms with Crippen LogP contribution in [0.4, 0.5) is 10.8 Å². The molecular formula is C15H13N3O3S4. The van der Waals surface area contributed by atoms with Crippen molar-refractivity contribution in [3.8, 4) is 0 Å². The minimum absolute atomic E-state index is 0.105. The molecule has 0 bridgehead atoms. The molecule has 0 fully saturated rings. The molecule has 2 aromatic heterocycles. The largest absolute Gasteiger partial charge is 0.325 e. The topological polar surface area (TPSA) is 88.2 Å². The van der Waals surface area contributed by atoms with Gasteiger partial charge >= 0.3 is 0 Å². The first-order valence-corrected chi connectivity index (χ1v) is 11.2. The molecule has 0 saturated carbocycles. The smallest absolute Gasteiger partial charge is 0.263 e. The lowest BCUT2D eigenvalue weighted by atomic mass is 10.3. The van der Waals surface area contributed by atoms with Gasteiger partial charge in [0.05, 0.1) is 14.9 Å². The maximum Gasteiger partial charge on any atom is 0.263 e. The van der Waals surface area contributed by atoms with Crippen molar-refractivity contribution in [3.63, 3.8) is 0 Å². The van der Waals surface area contributed by atoms with Crippen LogP contribution in [0.3, 0.4) is 0 Å². The summed E-state index contributed by atoms with van der Waals surface area (Å²) in [5.74, 6) is 0.154. The molecule has 2 N–H and O–H groups in total. The Bertz CT molecular complexity index is 921. The summed E-state index contributed by atoms with van der Waals surface area (Å²) in [7, 11) is -3.69. The molecule has 0 saturated heterocycles. The van der Waals surface area contributed by atoms with Gasteiger partial charge in [0.25, 0.3) is 10.0 Å². The number of hydrogen-bond acceptors (Lipinski definition) is 7. The summed E-state index contributed by atoms with van der Waals surface area (Å²) in [5.41, 5.74) is 0.546. The summed E-state index contributed by atoms with van der Waals surface area (Å²) in [5, 5.41) is 6.70. The summed E-state index contributed by atoms with van der Waals surface area (Å²) in [6, 6.07) is 9.89. The molecule has 3 rings (SSSR count). The Morgan fingerprint density at radius 3 is 2.56 bits per heavy atom. The van der Waals surface area contributed by atoms with E-state index in [4.69, 9.17) is 0 Å². The van der Waals surface area contributed by atoms with Crippen LogP contribution in [0.15, 0.2) is 62.5 Å². The van der Waals surface area contributed by atoms with Crippen LogP contribution in [0.2, 0.25) is 0 Å². The van der Waals surface area contributed by atoms with Gasteiger partial charge in [-0.25, -0.2) is 13.4 Å². The second-order valence-electron chi connectivity index (χ2n) is 4.74. The van der Waals surface area contributed by atoms with Crippen LogP contribution in [0, 0.1) is 0 Å². The lowest BCUT2D eigenvalue weighted by Crippen LogP contribution is -2.15. The maximum atomic E-state index is 12.2. The van der Waals surface area contributed by atoms with Gasteiger partial charge < -0.3 is 5.32 Å². The number of nitrogens with zero attached hydrogens (tertiary/aromatic N) is 1. The van der Waals surface area contributed by atoms with Gasteiger partial charge in [-0.3, -0.25) is 9.52 Å². The van der Waals surface area contributed by atoms with Crippen LogP contribution < -0.4 is 10.0 Å². The summed E-state index contributed by atoms with van der Waals surface area (Å²) in [6.45, 7) is 0. The molecule has 130 valence electrons. The van der Waals surface area contributed by atoms with Crippen LogP contribution in [-0.4, -0.2) is 25.1 Å². The second kappa shape index (κ2) is 8.00. The second-order valence-corrected chi connectivity index (χ2v) is 9.54. The first-order chi connectivity index (χ1) is 12.0. The van der Waals surface area contributed by atoms with Crippen molar-refractivity contribution in [1.29, 1.82) is 0 Å². The average molecular weight is 412 g/mol. The molecule has 1 amide bonds. The van der Waals surface area contributed by atoms with E-state index in [0.29, 0.717) is 16.6 Å². The molecule has 0 unspecified atom stereocenters. The van der Waals surface area contributed by atoms with Crippen LogP contribution in [0.5, 0.6) is 0 Å². The molecule has 0 atom stereocenters. The van der Waals surface area contributed by atoms with Crippen molar-refractivity contribution in [1.82, 2.24) is 4.98 Å². The molecule has 25 heavy (non-hydrogen) atoms. The number of benzene rings is 1. The Hall–Kier alpha value is -1.88. The summed E-state index contributed by atoms with van der Waals surface area (Å²) in [4.78, 5) is 15.9. The van der Waals surface area contributed by atoms with Crippen LogP contribution in [0.25, 0.3) is 0 Å². The number of rotatable bonds is 7. The van der Waals surface area contributed by atoms with Crippen LogP contribution in [0.1, 0.15) is 0 Å². The van der Waals surface area contributed by atoms with Crippen molar-refractivity contribution >= 4 is 61.2 Å². The Morgan fingerprint density at radius 2 is 1.92 bits per heavy atom. The lowest BCUT2D eigenvalue weighted by molar-refractivity contribution is -0.113. The van der Waals surface area contributed by atoms with Crippen molar-refractivity contribution in [2.24, 2.45) is 0 Å². The number of aromatic nitrogens is 1. The predicted octanol–water partition coefficient (Wildman–Crippen LogP) is 3.74. The SMILES string of the molecule is O=C(CSc1cccs1)Nc1ccc(S(=O)(=O)Nc2nccs2)cc1. The van der Waals surface area contributed by atoms with Crippen molar-refractivity contribution in [3.05, 3.63) is 53.4 Å². The third-order valence-corrected chi connectivity index (χ3v) is 7.25. The number of nitrogens with one attached hydrogen (secondary N) is 2. The number of thiazole rings is 1. The number of hydrogen-bond donors (Lipinski definition) is 2. The highest BCUT2D eigenvalue weighted by molar-refractivity contribution is 8.01. The maximum absolute atomic E-state index is 12.2. The number of carbonyl (C=O) groups excluding carboxylic acids is 1. The average Bonchev–Trinajstić information content (AvgIpc) is 3.27. The Labute approximate surface area is 157 Å². The molecule has 10 heteroatoms. The van der Waals surface area contributed by atoms with E-state index in [2.05, 4.69) is 15.0 Å². The van der Waals surface area contributed by atoms with Gasteiger partial charge in [-0.2, -0.15) is 0 Å². The zero-order valence-corrected chi connectivity index (χ0v) is 16.0. The van der Waals surface area contributed by atoms with E-state index in [-0.39, 0.29) is 10.8 Å². The van der Waals surface area contributed by atoms with Gasteiger partial charge in [-0.15, -0.1) is 34.4 Å². The van der Waals surface area contributed by atoms with E-state index in [1.807, 2.05) is 17.5 Å². The fourth-order valence-corrected chi connectivity index (χ4v) is 5.22. The van der Waals surface area contributed by atoms with E-state index in [1.165, 1.54) is 41.4 Å². The van der Waals surface area contributed by atoms with Gasteiger partial charge in [0, 0.05) is 17.3 Å². The molecule has 0 spiro atoms. The van der Waals surface area contributed by atoms with Gasteiger partial charge in [-0.05, 0) is 35.7 Å². The zero-order valence-electron chi connectivity index (χ0n) is 12.7. The number of thiophene rings is 1.